The van der Waals surface area contributed by atoms with E-state index in [0.717, 1.165) is 0 Å². The van der Waals surface area contributed by atoms with E-state index in [1.807, 2.05) is 0 Å². The van der Waals surface area contributed by atoms with Crippen LogP contribution in [0.25, 0.3) is 0 Å². The van der Waals surface area contributed by atoms with E-state index in [-0.39, 0.29) is 11.3 Å². The van der Waals surface area contributed by atoms with Crippen LogP contribution in [0, 0.1) is 0 Å². The summed E-state index contributed by atoms with van der Waals surface area (Å²) in [6.07, 6.45) is 6.37. The zero-order valence-corrected chi connectivity index (χ0v) is 14.2. The van der Waals surface area contributed by atoms with Gasteiger partial charge in [-0.25, -0.2) is 9.59 Å². The molecule has 0 N–H and O–H groups in total. The highest BCUT2D eigenvalue weighted by molar-refractivity contribution is 6.31. The molecule has 0 spiro atoms. The predicted molar refractivity (Wildman–Crippen MR) is 89.8 cm³/mol. The van der Waals surface area contributed by atoms with Crippen LogP contribution in [0.2, 0.25) is 5.02 Å². The van der Waals surface area contributed by atoms with E-state index >= 15 is 0 Å². The minimum atomic E-state index is -0.700. The molecule has 0 saturated heterocycles. The van der Waals surface area contributed by atoms with Gasteiger partial charge in [0.15, 0.2) is 0 Å². The molecule has 1 aliphatic heterocycles. The molecular weight excluding hydrogens is 334 g/mol. The number of anilines is 1. The second kappa shape index (κ2) is 7.70. The van der Waals surface area contributed by atoms with Crippen LogP contribution >= 0.6 is 11.6 Å². The molecule has 0 saturated carbocycles. The average Bonchev–Trinajstić information content (AvgIpc) is 2.83. The summed E-state index contributed by atoms with van der Waals surface area (Å²) in [5, 5.41) is 0.445. The fourth-order valence-corrected chi connectivity index (χ4v) is 2.37. The molecule has 0 bridgehead atoms. The van der Waals surface area contributed by atoms with Gasteiger partial charge in [0.05, 0.1) is 32.6 Å². The van der Waals surface area contributed by atoms with Crippen molar-refractivity contribution in [2.24, 2.45) is 0 Å². The Kier molecular flexibility index (Phi) is 5.65. The zero-order valence-electron chi connectivity index (χ0n) is 13.4. The van der Waals surface area contributed by atoms with Gasteiger partial charge in [-0.1, -0.05) is 17.7 Å². The zero-order chi connectivity index (χ0) is 17.7. The van der Waals surface area contributed by atoms with Crippen LogP contribution < -0.4 is 9.64 Å². The molecule has 0 unspecified atom stereocenters. The molecule has 0 radical (unpaired) electrons. The lowest BCUT2D eigenvalue weighted by molar-refractivity contribution is -0.139. The van der Waals surface area contributed by atoms with Gasteiger partial charge >= 0.3 is 11.9 Å². The van der Waals surface area contributed by atoms with Crippen molar-refractivity contribution in [3.05, 3.63) is 58.9 Å². The summed E-state index contributed by atoms with van der Waals surface area (Å²) in [5.41, 5.74) is 0.526. The number of hydrogen-bond acceptors (Lipinski definition) is 6. The molecule has 2 rings (SSSR count). The lowest BCUT2D eigenvalue weighted by Gasteiger charge is -2.24. The Morgan fingerprint density at radius 1 is 1.04 bits per heavy atom. The van der Waals surface area contributed by atoms with E-state index < -0.39 is 11.9 Å². The highest BCUT2D eigenvalue weighted by Gasteiger charge is 2.28. The van der Waals surface area contributed by atoms with Gasteiger partial charge in [0, 0.05) is 11.2 Å². The Hall–Kier alpha value is -2.73. The number of hydrogen-bond donors (Lipinski definition) is 0. The quantitative estimate of drug-likeness (QED) is 0.779. The third kappa shape index (κ3) is 3.44. The maximum absolute atomic E-state index is 12.3. The van der Waals surface area contributed by atoms with Gasteiger partial charge in [-0.05, 0) is 30.4 Å². The van der Waals surface area contributed by atoms with Gasteiger partial charge in [-0.15, -0.1) is 0 Å². The monoisotopic (exact) mass is 349 g/mol. The fourth-order valence-electron chi connectivity index (χ4n) is 2.20. The van der Waals surface area contributed by atoms with Crippen LogP contribution in [0.4, 0.5) is 5.69 Å². The first-order valence-electron chi connectivity index (χ1n) is 6.92. The maximum Gasteiger partial charge on any atom is 0.355 e. The van der Waals surface area contributed by atoms with E-state index in [4.69, 9.17) is 25.8 Å². The Labute approximate surface area is 144 Å². The molecule has 1 aromatic carbocycles. The Morgan fingerprint density at radius 2 is 1.75 bits per heavy atom. The summed E-state index contributed by atoms with van der Waals surface area (Å²) in [5.74, 6) is -0.897. The Bertz CT molecular complexity index is 751. The lowest BCUT2D eigenvalue weighted by Crippen LogP contribution is -2.27. The summed E-state index contributed by atoms with van der Waals surface area (Å²) in [6, 6.07) is 4.94. The molecule has 1 aromatic rings. The number of ether oxygens (including phenoxy) is 3. The van der Waals surface area contributed by atoms with Crippen molar-refractivity contribution in [2.75, 3.05) is 26.2 Å². The van der Waals surface area contributed by atoms with Crippen molar-refractivity contribution in [1.82, 2.24) is 0 Å². The average molecular weight is 350 g/mol. The molecule has 1 aliphatic rings. The first-order valence-corrected chi connectivity index (χ1v) is 7.29. The molecule has 24 heavy (non-hydrogen) atoms. The van der Waals surface area contributed by atoms with Gasteiger partial charge in [0.25, 0.3) is 0 Å². The minimum absolute atomic E-state index is 0.00471. The van der Waals surface area contributed by atoms with E-state index in [2.05, 4.69) is 0 Å². The Balaban J connectivity index is 2.72. The summed E-state index contributed by atoms with van der Waals surface area (Å²) < 4.78 is 14.9. The van der Waals surface area contributed by atoms with Crippen LogP contribution in [0.3, 0.4) is 0 Å². The van der Waals surface area contributed by atoms with Gasteiger partial charge in [0.2, 0.25) is 0 Å². The van der Waals surface area contributed by atoms with Crippen molar-refractivity contribution in [3.63, 3.8) is 0 Å². The van der Waals surface area contributed by atoms with Crippen LogP contribution in [0.1, 0.15) is 0 Å². The van der Waals surface area contributed by atoms with Crippen LogP contribution in [0.15, 0.2) is 53.9 Å². The van der Waals surface area contributed by atoms with E-state index in [1.165, 1.54) is 32.3 Å². The SMILES string of the molecule is COC(=O)C1=C(C(=O)OC)N(c2cc(Cl)ccc2OC)C=CC=C1. The topological polar surface area (TPSA) is 65.1 Å². The van der Waals surface area contributed by atoms with E-state index in [0.29, 0.717) is 16.5 Å². The molecule has 0 aromatic heterocycles. The van der Waals surface area contributed by atoms with Crippen molar-refractivity contribution >= 4 is 29.2 Å². The van der Waals surface area contributed by atoms with E-state index in [1.54, 1.807) is 36.6 Å². The normalized spacial score (nSPS) is 13.6. The number of allylic oxidation sites excluding steroid dienone is 2. The second-order valence-corrected chi connectivity index (χ2v) is 5.07. The van der Waals surface area contributed by atoms with Gasteiger partial charge in [-0.2, -0.15) is 0 Å². The molecule has 1 heterocycles. The van der Waals surface area contributed by atoms with Crippen LogP contribution in [-0.4, -0.2) is 33.3 Å². The molecule has 0 amide bonds. The summed E-state index contributed by atoms with van der Waals surface area (Å²) in [6.45, 7) is 0. The Morgan fingerprint density at radius 3 is 2.38 bits per heavy atom. The highest BCUT2D eigenvalue weighted by Crippen LogP contribution is 2.35. The van der Waals surface area contributed by atoms with Crippen LogP contribution in [0.5, 0.6) is 5.75 Å². The third-order valence-electron chi connectivity index (χ3n) is 3.29. The van der Waals surface area contributed by atoms with Crippen molar-refractivity contribution in [1.29, 1.82) is 0 Å². The number of nitrogens with zero attached hydrogens (tertiary/aromatic N) is 1. The minimum Gasteiger partial charge on any atom is -0.495 e. The second-order valence-electron chi connectivity index (χ2n) is 4.63. The first-order chi connectivity index (χ1) is 11.5. The summed E-state index contributed by atoms with van der Waals surface area (Å²) in [7, 11) is 3.96. The number of methoxy groups -OCH3 is 3. The molecule has 6 nitrogen and oxygen atoms in total. The number of halogens is 1. The molecule has 7 heteroatoms. The van der Waals surface area contributed by atoms with Crippen LogP contribution in [-0.2, 0) is 19.1 Å². The maximum atomic E-state index is 12.3. The van der Waals surface area contributed by atoms with E-state index in [9.17, 15) is 9.59 Å². The fraction of sp³-hybridized carbons (Fsp3) is 0.176. The molecule has 126 valence electrons. The van der Waals surface area contributed by atoms with Gasteiger partial charge in [0.1, 0.15) is 11.4 Å². The van der Waals surface area contributed by atoms with Crippen molar-refractivity contribution < 1.29 is 23.8 Å². The number of rotatable bonds is 4. The smallest absolute Gasteiger partial charge is 0.355 e. The molecule has 0 atom stereocenters. The molecule has 0 fully saturated rings. The summed E-state index contributed by atoms with van der Waals surface area (Å²) in [4.78, 5) is 25.9. The molecular formula is C17H16ClNO5. The largest absolute Gasteiger partial charge is 0.495 e. The molecule has 0 aliphatic carbocycles. The number of carbonyl (C=O) groups excluding carboxylic acids is 2. The summed E-state index contributed by atoms with van der Waals surface area (Å²) >= 11 is 6.08. The number of esters is 2. The van der Waals surface area contributed by atoms with Crippen molar-refractivity contribution in [3.8, 4) is 5.75 Å². The standard InChI is InChI=1S/C17H16ClNO5/c1-22-14-8-7-11(18)10-13(14)19-9-5-4-6-12(16(20)23-2)15(19)17(21)24-3/h4-10H,1-3H3. The van der Waals surface area contributed by atoms with Gasteiger partial charge in [-0.3, -0.25) is 0 Å². The van der Waals surface area contributed by atoms with Crippen molar-refractivity contribution in [2.45, 2.75) is 0 Å². The van der Waals surface area contributed by atoms with Gasteiger partial charge < -0.3 is 19.1 Å². The number of benzene rings is 1. The predicted octanol–water partition coefficient (Wildman–Crippen LogP) is 2.84. The highest BCUT2D eigenvalue weighted by atomic mass is 35.5. The number of carbonyl (C=O) groups is 2. The third-order valence-corrected chi connectivity index (χ3v) is 3.52. The first kappa shape index (κ1) is 17.6. The lowest BCUT2D eigenvalue weighted by atomic mass is 10.1.